The van der Waals surface area contributed by atoms with E-state index in [0.29, 0.717) is 12.1 Å². The number of benzene rings is 1. The lowest BCUT2D eigenvalue weighted by Gasteiger charge is -2.30. The van der Waals surface area contributed by atoms with Crippen LogP contribution in [0, 0.1) is 23.4 Å². The summed E-state index contributed by atoms with van der Waals surface area (Å²) in [5, 5.41) is 0. The normalized spacial score (nSPS) is 14.7. The molecule has 0 saturated heterocycles. The predicted molar refractivity (Wildman–Crippen MR) is 108 cm³/mol. The minimum Gasteiger partial charge on any atom is -0.335 e. The van der Waals surface area contributed by atoms with E-state index in [0.717, 1.165) is 16.8 Å². The van der Waals surface area contributed by atoms with Gasteiger partial charge in [-0.3, -0.25) is 4.79 Å². The number of carbonyl (C=O) groups is 1. The first-order valence-electron chi connectivity index (χ1n) is 10.4. The predicted octanol–water partition coefficient (Wildman–Crippen LogP) is 3.82. The molecule has 0 saturated carbocycles. The number of hydrogen-bond acceptors (Lipinski definition) is 4. The number of carbonyl (C=O) groups excluding carboxylic acids is 1. The van der Waals surface area contributed by atoms with E-state index in [9.17, 15) is 35.5 Å². The molecule has 4 rings (SSSR count). The first-order chi connectivity index (χ1) is 16.4. The van der Waals surface area contributed by atoms with Crippen molar-refractivity contribution in [3.63, 3.8) is 0 Å². The van der Waals surface area contributed by atoms with E-state index < -0.39 is 47.3 Å². The molecule has 1 aromatic carbocycles. The highest BCUT2D eigenvalue weighted by Gasteiger charge is 2.41. The summed E-state index contributed by atoms with van der Waals surface area (Å²) in [5.74, 6) is -6.24. The van der Waals surface area contributed by atoms with Crippen molar-refractivity contribution in [2.75, 3.05) is 6.54 Å². The molecule has 35 heavy (non-hydrogen) atoms. The van der Waals surface area contributed by atoms with Gasteiger partial charge >= 0.3 is 6.18 Å². The van der Waals surface area contributed by atoms with Crippen LogP contribution in [0.4, 0.5) is 30.7 Å². The molecule has 2 aromatic heterocycles. The fraction of sp³-hybridized carbons (Fsp3) is 0.318. The molecule has 0 bridgehead atoms. The Balaban J connectivity index is 1.55. The maximum atomic E-state index is 13.9. The molecule has 0 spiro atoms. The SMILES string of the molecule is N[C@@H](CC(=O)N1CCn2c(C(F)(F)F)nc(-c3ccnc(F)c3)c2C1)Cc1cc(F)c(F)cc1F. The number of pyridine rings is 1. The van der Waals surface area contributed by atoms with E-state index in [2.05, 4.69) is 9.97 Å². The zero-order valence-electron chi connectivity index (χ0n) is 17.9. The van der Waals surface area contributed by atoms with Crippen LogP contribution in [0.25, 0.3) is 11.3 Å². The van der Waals surface area contributed by atoms with Gasteiger partial charge in [-0.05, 0) is 24.1 Å². The fourth-order valence-corrected chi connectivity index (χ4v) is 4.01. The Bertz CT molecular complexity index is 1270. The zero-order valence-corrected chi connectivity index (χ0v) is 17.9. The number of imidazole rings is 1. The third kappa shape index (κ3) is 5.14. The van der Waals surface area contributed by atoms with Gasteiger partial charge in [-0.2, -0.15) is 17.6 Å². The first kappa shape index (κ1) is 24.6. The average Bonchev–Trinajstić information content (AvgIpc) is 3.17. The number of fused-ring (bicyclic) bond motifs is 1. The molecular formula is C22H18F7N5O. The molecule has 1 aliphatic rings. The second-order valence-corrected chi connectivity index (χ2v) is 8.09. The van der Waals surface area contributed by atoms with Crippen LogP contribution in [0.2, 0.25) is 0 Å². The molecule has 2 N–H and O–H groups in total. The van der Waals surface area contributed by atoms with E-state index in [-0.39, 0.29) is 55.0 Å². The van der Waals surface area contributed by atoms with Crippen LogP contribution < -0.4 is 5.73 Å². The Morgan fingerprint density at radius 3 is 2.46 bits per heavy atom. The second kappa shape index (κ2) is 9.29. The van der Waals surface area contributed by atoms with E-state index in [4.69, 9.17) is 5.73 Å². The summed E-state index contributed by atoms with van der Waals surface area (Å²) in [6, 6.07) is 2.32. The maximum absolute atomic E-state index is 13.9. The van der Waals surface area contributed by atoms with Gasteiger partial charge in [-0.15, -0.1) is 0 Å². The summed E-state index contributed by atoms with van der Waals surface area (Å²) in [6.45, 7) is -0.557. The van der Waals surface area contributed by atoms with Crippen molar-refractivity contribution in [2.45, 2.75) is 38.1 Å². The molecular weight excluding hydrogens is 483 g/mol. The average molecular weight is 501 g/mol. The van der Waals surface area contributed by atoms with Crippen molar-refractivity contribution in [1.29, 1.82) is 0 Å². The smallest absolute Gasteiger partial charge is 0.335 e. The highest BCUT2D eigenvalue weighted by Crippen LogP contribution is 2.36. The van der Waals surface area contributed by atoms with E-state index in [1.54, 1.807) is 0 Å². The van der Waals surface area contributed by atoms with Crippen molar-refractivity contribution >= 4 is 5.91 Å². The van der Waals surface area contributed by atoms with Gasteiger partial charge in [-0.1, -0.05) is 0 Å². The third-order valence-corrected chi connectivity index (χ3v) is 5.62. The van der Waals surface area contributed by atoms with Crippen molar-refractivity contribution in [1.82, 2.24) is 19.4 Å². The molecule has 1 atom stereocenters. The molecule has 0 unspecified atom stereocenters. The van der Waals surface area contributed by atoms with E-state index >= 15 is 0 Å². The summed E-state index contributed by atoms with van der Waals surface area (Å²) < 4.78 is 95.6. The summed E-state index contributed by atoms with van der Waals surface area (Å²) in [5.41, 5.74) is 5.70. The highest BCUT2D eigenvalue weighted by atomic mass is 19.4. The van der Waals surface area contributed by atoms with Crippen molar-refractivity contribution in [2.24, 2.45) is 5.73 Å². The first-order valence-corrected chi connectivity index (χ1v) is 10.4. The molecule has 0 fully saturated rings. The molecule has 186 valence electrons. The second-order valence-electron chi connectivity index (χ2n) is 8.09. The minimum absolute atomic E-state index is 0.0581. The number of rotatable bonds is 5. The molecule has 3 aromatic rings. The van der Waals surface area contributed by atoms with Gasteiger partial charge in [0.1, 0.15) is 5.82 Å². The molecule has 0 radical (unpaired) electrons. The number of nitrogens with two attached hydrogens (primary N) is 1. The van der Waals surface area contributed by atoms with Crippen LogP contribution in [-0.4, -0.2) is 37.9 Å². The Morgan fingerprint density at radius 2 is 1.77 bits per heavy atom. The summed E-state index contributed by atoms with van der Waals surface area (Å²) in [6.07, 6.45) is -4.27. The number of halogens is 7. The van der Waals surface area contributed by atoms with Crippen molar-refractivity contribution in [3.8, 4) is 11.3 Å². The molecule has 1 aliphatic heterocycles. The Hall–Kier alpha value is -3.48. The number of nitrogens with zero attached hydrogens (tertiary/aromatic N) is 4. The topological polar surface area (TPSA) is 77.0 Å². The maximum Gasteiger partial charge on any atom is 0.449 e. The lowest BCUT2D eigenvalue weighted by Crippen LogP contribution is -2.42. The molecule has 13 heteroatoms. The van der Waals surface area contributed by atoms with Crippen LogP contribution in [0.3, 0.4) is 0 Å². The van der Waals surface area contributed by atoms with Gasteiger partial charge in [0.25, 0.3) is 0 Å². The number of alkyl halides is 3. The van der Waals surface area contributed by atoms with Gasteiger partial charge in [0.05, 0.1) is 17.9 Å². The molecule has 3 heterocycles. The molecule has 0 aliphatic carbocycles. The van der Waals surface area contributed by atoms with Gasteiger partial charge in [0.15, 0.2) is 11.6 Å². The fourth-order valence-electron chi connectivity index (χ4n) is 4.01. The third-order valence-electron chi connectivity index (χ3n) is 5.62. The Morgan fingerprint density at radius 1 is 1.06 bits per heavy atom. The molecule has 6 nitrogen and oxygen atoms in total. The van der Waals surface area contributed by atoms with Crippen molar-refractivity contribution in [3.05, 3.63) is 70.9 Å². The van der Waals surface area contributed by atoms with Gasteiger partial charge in [-0.25, -0.2) is 23.1 Å². The van der Waals surface area contributed by atoms with Gasteiger partial charge in [0, 0.05) is 49.4 Å². The number of aromatic nitrogens is 3. The van der Waals surface area contributed by atoms with E-state index in [1.165, 1.54) is 11.0 Å². The Labute approximate surface area is 194 Å². The minimum atomic E-state index is -4.78. The highest BCUT2D eigenvalue weighted by molar-refractivity contribution is 5.77. The Kier molecular flexibility index (Phi) is 6.54. The van der Waals surface area contributed by atoms with Crippen LogP contribution >= 0.6 is 0 Å². The van der Waals surface area contributed by atoms with Crippen LogP contribution in [-0.2, 0) is 30.5 Å². The standard InChI is InChI=1S/C22H18F7N5O/c23-14-9-16(25)15(24)6-12(14)5-13(30)8-19(35)33-3-4-34-17(10-33)20(32-21(34)22(27,28)29)11-1-2-31-18(26)7-11/h1-2,6-7,9,13H,3-5,8,10,30H2/t13-/m1/s1. The van der Waals surface area contributed by atoms with Crippen LogP contribution in [0.15, 0.2) is 30.5 Å². The van der Waals surface area contributed by atoms with Crippen LogP contribution in [0.1, 0.15) is 23.5 Å². The zero-order chi connectivity index (χ0) is 25.5. The van der Waals surface area contributed by atoms with Gasteiger partial charge < -0.3 is 15.2 Å². The van der Waals surface area contributed by atoms with Crippen molar-refractivity contribution < 1.29 is 35.5 Å². The molecule has 1 amide bonds. The van der Waals surface area contributed by atoms with Crippen LogP contribution in [0.5, 0.6) is 0 Å². The quantitative estimate of drug-likeness (QED) is 0.328. The van der Waals surface area contributed by atoms with E-state index in [1.807, 2.05) is 0 Å². The summed E-state index contributed by atoms with van der Waals surface area (Å²) in [7, 11) is 0. The summed E-state index contributed by atoms with van der Waals surface area (Å²) in [4.78, 5) is 21.1. The van der Waals surface area contributed by atoms with Gasteiger partial charge in [0.2, 0.25) is 17.7 Å². The number of amides is 1. The lowest BCUT2D eigenvalue weighted by atomic mass is 10.0. The number of hydrogen-bond donors (Lipinski definition) is 1. The largest absolute Gasteiger partial charge is 0.449 e. The lowest BCUT2D eigenvalue weighted by molar-refractivity contribution is -0.148. The monoisotopic (exact) mass is 501 g/mol. The summed E-state index contributed by atoms with van der Waals surface area (Å²) >= 11 is 0.